The smallest absolute Gasteiger partial charge is 0.410 e. The largest absolute Gasteiger partial charge is 0.444 e. The summed E-state index contributed by atoms with van der Waals surface area (Å²) in [7, 11) is 3.95. The van der Waals surface area contributed by atoms with Gasteiger partial charge in [-0.15, -0.1) is 35.3 Å². The molecular formula is C17H31IN6O2S. The number of amides is 1. The monoisotopic (exact) mass is 510 g/mol. The van der Waals surface area contributed by atoms with E-state index in [1.807, 2.05) is 52.1 Å². The molecule has 0 aromatic carbocycles. The maximum absolute atomic E-state index is 12.0. The standard InChI is InChI=1S/C17H30N6O2S.HI/c1-7-18-14(19-8-12-11-26-15(21-12)22(5)6)20-13-9-23(10-13)16(24)25-17(2,3)4;/h11,13H,7-10H2,1-6H3,(H2,18,19,20);1H. The Hall–Kier alpha value is -1.30. The van der Waals surface area contributed by atoms with Gasteiger partial charge in [-0.3, -0.25) is 0 Å². The van der Waals surface area contributed by atoms with Crippen LogP contribution in [0, 0.1) is 0 Å². The van der Waals surface area contributed by atoms with Gasteiger partial charge in [0.25, 0.3) is 0 Å². The van der Waals surface area contributed by atoms with Gasteiger partial charge in [-0.25, -0.2) is 14.8 Å². The zero-order valence-electron chi connectivity index (χ0n) is 16.9. The van der Waals surface area contributed by atoms with Crippen LogP contribution in [0.5, 0.6) is 0 Å². The van der Waals surface area contributed by atoms with E-state index in [1.165, 1.54) is 0 Å². The van der Waals surface area contributed by atoms with E-state index in [0.717, 1.165) is 23.3 Å². The number of aromatic nitrogens is 1. The molecule has 27 heavy (non-hydrogen) atoms. The molecule has 0 spiro atoms. The van der Waals surface area contributed by atoms with Crippen molar-refractivity contribution < 1.29 is 9.53 Å². The fourth-order valence-corrected chi connectivity index (χ4v) is 3.04. The van der Waals surface area contributed by atoms with E-state index < -0.39 is 5.60 Å². The molecule has 0 bridgehead atoms. The number of rotatable bonds is 5. The minimum absolute atomic E-state index is 0. The van der Waals surface area contributed by atoms with Crippen molar-refractivity contribution in [2.24, 2.45) is 4.99 Å². The average Bonchev–Trinajstić information content (AvgIpc) is 2.95. The molecule has 2 heterocycles. The quantitative estimate of drug-likeness (QED) is 0.360. The van der Waals surface area contributed by atoms with Gasteiger partial charge >= 0.3 is 6.09 Å². The number of likely N-dealkylation sites (tertiary alicyclic amines) is 1. The summed E-state index contributed by atoms with van der Waals surface area (Å²) < 4.78 is 5.37. The second kappa shape index (κ2) is 10.3. The summed E-state index contributed by atoms with van der Waals surface area (Å²) in [5.74, 6) is 0.737. The molecule has 1 aromatic rings. The van der Waals surface area contributed by atoms with E-state index in [1.54, 1.807) is 16.2 Å². The van der Waals surface area contributed by atoms with E-state index in [4.69, 9.17) is 4.74 Å². The molecule has 0 radical (unpaired) electrons. The third-order valence-electron chi connectivity index (χ3n) is 3.54. The van der Waals surface area contributed by atoms with Gasteiger partial charge in [-0.05, 0) is 27.7 Å². The van der Waals surface area contributed by atoms with Gasteiger partial charge in [0.1, 0.15) is 5.60 Å². The molecule has 1 aliphatic rings. The molecular weight excluding hydrogens is 479 g/mol. The third-order valence-corrected chi connectivity index (χ3v) is 4.60. The fourth-order valence-electron chi connectivity index (χ4n) is 2.29. The number of hydrogen-bond donors (Lipinski definition) is 2. The summed E-state index contributed by atoms with van der Waals surface area (Å²) in [4.78, 5) is 24.8. The van der Waals surface area contributed by atoms with Crippen LogP contribution < -0.4 is 15.5 Å². The second-order valence-corrected chi connectivity index (χ2v) is 8.27. The lowest BCUT2D eigenvalue weighted by atomic mass is 10.1. The third kappa shape index (κ3) is 7.68. The summed E-state index contributed by atoms with van der Waals surface area (Å²) in [6.45, 7) is 10.2. The number of nitrogens with zero attached hydrogens (tertiary/aromatic N) is 4. The Labute approximate surface area is 182 Å². The number of halogens is 1. The lowest BCUT2D eigenvalue weighted by Gasteiger charge is -2.40. The van der Waals surface area contributed by atoms with Gasteiger partial charge in [0.2, 0.25) is 0 Å². The lowest BCUT2D eigenvalue weighted by Crippen LogP contribution is -2.63. The predicted octanol–water partition coefficient (Wildman–Crippen LogP) is 2.50. The SMILES string of the molecule is CCNC(=NCc1csc(N(C)C)n1)NC1CN(C(=O)OC(C)(C)C)C1.I. The zero-order valence-corrected chi connectivity index (χ0v) is 20.1. The zero-order chi connectivity index (χ0) is 19.3. The molecule has 0 aliphatic carbocycles. The minimum atomic E-state index is -0.467. The number of anilines is 1. The highest BCUT2D eigenvalue weighted by molar-refractivity contribution is 14.0. The topological polar surface area (TPSA) is 82.1 Å². The Kier molecular flexibility index (Phi) is 9.06. The second-order valence-electron chi connectivity index (χ2n) is 7.44. The van der Waals surface area contributed by atoms with Gasteiger partial charge in [0.05, 0.1) is 18.3 Å². The Morgan fingerprint density at radius 3 is 2.63 bits per heavy atom. The first kappa shape index (κ1) is 23.7. The molecule has 1 aliphatic heterocycles. The molecule has 0 unspecified atom stereocenters. The van der Waals surface area contributed by atoms with E-state index in [2.05, 4.69) is 20.6 Å². The molecule has 1 aromatic heterocycles. The van der Waals surface area contributed by atoms with Crippen molar-refractivity contribution in [2.75, 3.05) is 38.6 Å². The number of carbonyl (C=O) groups is 1. The highest BCUT2D eigenvalue weighted by Crippen LogP contribution is 2.18. The molecule has 1 fully saturated rings. The first-order valence-corrected chi connectivity index (χ1v) is 9.70. The molecule has 1 amide bonds. The Balaban J connectivity index is 0.00000364. The maximum atomic E-state index is 12.0. The number of carbonyl (C=O) groups excluding carboxylic acids is 1. The molecule has 1 saturated heterocycles. The summed E-state index contributed by atoms with van der Waals surface area (Å²) in [5, 5.41) is 9.59. The highest BCUT2D eigenvalue weighted by atomic mass is 127. The summed E-state index contributed by atoms with van der Waals surface area (Å²) in [6.07, 6.45) is -0.267. The first-order chi connectivity index (χ1) is 12.2. The fraction of sp³-hybridized carbons (Fsp3) is 0.706. The van der Waals surface area contributed by atoms with Crippen molar-refractivity contribution in [3.05, 3.63) is 11.1 Å². The van der Waals surface area contributed by atoms with Crippen molar-refractivity contribution in [1.82, 2.24) is 20.5 Å². The Morgan fingerprint density at radius 2 is 2.11 bits per heavy atom. The summed E-state index contributed by atoms with van der Waals surface area (Å²) in [6, 6.07) is 0.174. The van der Waals surface area contributed by atoms with Crippen molar-refractivity contribution in [3.63, 3.8) is 0 Å². The summed E-state index contributed by atoms with van der Waals surface area (Å²) >= 11 is 1.61. The van der Waals surface area contributed by atoms with Crippen LogP contribution >= 0.6 is 35.3 Å². The number of aliphatic imine (C=N–C) groups is 1. The molecule has 8 nitrogen and oxygen atoms in total. The van der Waals surface area contributed by atoms with Crippen LogP contribution in [-0.2, 0) is 11.3 Å². The van der Waals surface area contributed by atoms with Gasteiger partial charge in [-0.2, -0.15) is 0 Å². The van der Waals surface area contributed by atoms with Gasteiger partial charge in [-0.1, -0.05) is 0 Å². The van der Waals surface area contributed by atoms with Crippen LogP contribution in [0.1, 0.15) is 33.4 Å². The normalized spacial score (nSPS) is 14.9. The predicted molar refractivity (Wildman–Crippen MR) is 121 cm³/mol. The van der Waals surface area contributed by atoms with Gasteiger partial charge in [0.15, 0.2) is 11.1 Å². The van der Waals surface area contributed by atoms with Crippen LogP contribution in [0.25, 0.3) is 0 Å². The average molecular weight is 510 g/mol. The number of ether oxygens (including phenoxy) is 1. The minimum Gasteiger partial charge on any atom is -0.444 e. The lowest BCUT2D eigenvalue weighted by molar-refractivity contribution is 0.00701. The van der Waals surface area contributed by atoms with Gasteiger partial charge in [0, 0.05) is 39.1 Å². The van der Waals surface area contributed by atoms with Crippen molar-refractivity contribution in [1.29, 1.82) is 0 Å². The number of thiazole rings is 1. The molecule has 0 atom stereocenters. The maximum Gasteiger partial charge on any atom is 0.410 e. The molecule has 2 rings (SSSR count). The van der Waals surface area contributed by atoms with Gasteiger partial charge < -0.3 is 25.2 Å². The molecule has 154 valence electrons. The van der Waals surface area contributed by atoms with Crippen LogP contribution in [0.15, 0.2) is 10.4 Å². The first-order valence-electron chi connectivity index (χ1n) is 8.82. The molecule has 10 heteroatoms. The van der Waals surface area contributed by atoms with E-state index in [9.17, 15) is 4.79 Å². The highest BCUT2D eigenvalue weighted by Gasteiger charge is 2.34. The number of guanidine groups is 1. The van der Waals surface area contributed by atoms with Crippen LogP contribution in [0.3, 0.4) is 0 Å². The van der Waals surface area contributed by atoms with Crippen molar-refractivity contribution in [2.45, 2.75) is 45.9 Å². The van der Waals surface area contributed by atoms with Crippen molar-refractivity contribution in [3.8, 4) is 0 Å². The molecule has 2 N–H and O–H groups in total. The van der Waals surface area contributed by atoms with Crippen LogP contribution in [0.4, 0.5) is 9.93 Å². The molecule has 0 saturated carbocycles. The Bertz CT molecular complexity index is 638. The number of nitrogens with one attached hydrogen (secondary N) is 2. The summed E-state index contributed by atoms with van der Waals surface area (Å²) in [5.41, 5.74) is 0.477. The van der Waals surface area contributed by atoms with E-state index in [0.29, 0.717) is 19.6 Å². The van der Waals surface area contributed by atoms with Crippen LogP contribution in [-0.4, -0.2) is 67.3 Å². The van der Waals surface area contributed by atoms with E-state index >= 15 is 0 Å². The van der Waals surface area contributed by atoms with Crippen molar-refractivity contribution >= 4 is 52.5 Å². The van der Waals surface area contributed by atoms with Crippen LogP contribution in [0.2, 0.25) is 0 Å². The number of hydrogen-bond acceptors (Lipinski definition) is 6. The van der Waals surface area contributed by atoms with E-state index in [-0.39, 0.29) is 36.1 Å². The Morgan fingerprint density at radius 1 is 1.44 bits per heavy atom.